The third-order valence-corrected chi connectivity index (χ3v) is 3.98. The lowest BCUT2D eigenvalue weighted by Gasteiger charge is -2.04. The van der Waals surface area contributed by atoms with Gasteiger partial charge in [0.2, 0.25) is 6.79 Å². The number of nitrogens with zero attached hydrogens (tertiary/aromatic N) is 2. The normalized spacial score (nSPS) is 12.4. The van der Waals surface area contributed by atoms with Crippen LogP contribution in [0, 0.1) is 10.1 Å². The number of benzene rings is 2. The second-order valence-electron chi connectivity index (χ2n) is 4.88. The Bertz CT molecular complexity index is 899. The molecule has 1 amide bonds. The molecule has 1 aliphatic heterocycles. The number of halogens is 1. The van der Waals surface area contributed by atoms with E-state index >= 15 is 0 Å². The summed E-state index contributed by atoms with van der Waals surface area (Å²) in [7, 11) is 0. The first-order valence-corrected chi connectivity index (χ1v) is 7.65. The van der Waals surface area contributed by atoms with Crippen molar-refractivity contribution in [3.05, 3.63) is 56.0 Å². The van der Waals surface area contributed by atoms with Crippen LogP contribution in [0.25, 0.3) is 0 Å². The van der Waals surface area contributed by atoms with Gasteiger partial charge in [-0.15, -0.1) is 0 Å². The number of carbonyl (C=O) groups is 1. The maximum Gasteiger partial charge on any atom is 0.275 e. The van der Waals surface area contributed by atoms with E-state index in [1.165, 1.54) is 6.21 Å². The van der Waals surface area contributed by atoms with Crippen LogP contribution >= 0.6 is 15.9 Å². The summed E-state index contributed by atoms with van der Waals surface area (Å²) in [5.41, 5.74) is 2.25. The molecular weight excluding hydrogens is 398 g/mol. The molecule has 0 aliphatic carbocycles. The molecule has 128 valence electrons. The number of nitrogens with one attached hydrogen (secondary N) is 1. The third-order valence-electron chi connectivity index (χ3n) is 3.30. The minimum atomic E-state index is -0.783. The Hall–Kier alpha value is -3.14. The number of phenols is 1. The summed E-state index contributed by atoms with van der Waals surface area (Å²) in [6.45, 7) is 0.130. The van der Waals surface area contributed by atoms with Crippen LogP contribution < -0.4 is 14.9 Å². The Morgan fingerprint density at radius 2 is 2.04 bits per heavy atom. The molecule has 0 unspecified atom stereocenters. The summed E-state index contributed by atoms with van der Waals surface area (Å²) in [5, 5.41) is 24.2. The number of hydrogen-bond donors (Lipinski definition) is 2. The average molecular weight is 408 g/mol. The zero-order chi connectivity index (χ0) is 18.0. The molecule has 0 saturated heterocycles. The molecule has 10 heteroatoms. The molecule has 1 heterocycles. The Morgan fingerprint density at radius 1 is 1.32 bits per heavy atom. The lowest BCUT2D eigenvalue weighted by Crippen LogP contribution is -2.18. The number of nitro groups is 1. The molecule has 0 fully saturated rings. The van der Waals surface area contributed by atoms with Gasteiger partial charge in [-0.2, -0.15) is 5.10 Å². The van der Waals surface area contributed by atoms with Gasteiger partial charge in [-0.25, -0.2) is 5.43 Å². The number of aromatic hydroxyl groups is 1. The summed E-state index contributed by atoms with van der Waals surface area (Å²) < 4.78 is 11.2. The highest BCUT2D eigenvalue weighted by atomic mass is 79.9. The fraction of sp³-hybridized carbons (Fsp3) is 0.0667. The maximum atomic E-state index is 12.0. The average Bonchev–Trinajstić information content (AvgIpc) is 3.02. The van der Waals surface area contributed by atoms with E-state index in [9.17, 15) is 20.0 Å². The van der Waals surface area contributed by atoms with Gasteiger partial charge in [0.1, 0.15) is 5.75 Å². The molecule has 0 atom stereocenters. The van der Waals surface area contributed by atoms with Gasteiger partial charge in [-0.1, -0.05) is 0 Å². The highest BCUT2D eigenvalue weighted by Crippen LogP contribution is 2.36. The monoisotopic (exact) mass is 407 g/mol. The van der Waals surface area contributed by atoms with Crippen LogP contribution in [0.1, 0.15) is 15.9 Å². The van der Waals surface area contributed by atoms with Gasteiger partial charge in [0.25, 0.3) is 11.6 Å². The smallest absolute Gasteiger partial charge is 0.275 e. The first-order chi connectivity index (χ1) is 12.0. The van der Waals surface area contributed by atoms with E-state index in [1.54, 1.807) is 12.1 Å². The minimum absolute atomic E-state index is 0.130. The summed E-state index contributed by atoms with van der Waals surface area (Å²) >= 11 is 3.34. The molecule has 0 aromatic heterocycles. The molecule has 3 rings (SSSR count). The lowest BCUT2D eigenvalue weighted by molar-refractivity contribution is -0.384. The van der Waals surface area contributed by atoms with Gasteiger partial charge in [0.05, 0.1) is 16.7 Å². The highest BCUT2D eigenvalue weighted by Gasteiger charge is 2.17. The minimum Gasteiger partial charge on any atom is -0.507 e. The molecule has 25 heavy (non-hydrogen) atoms. The maximum absolute atomic E-state index is 12.0. The largest absolute Gasteiger partial charge is 0.507 e. The molecular formula is C15H10BrN3O6. The molecule has 9 nitrogen and oxygen atoms in total. The van der Waals surface area contributed by atoms with Crippen LogP contribution in [0.3, 0.4) is 0 Å². The molecule has 0 radical (unpaired) electrons. The number of ether oxygens (including phenoxy) is 2. The number of carbonyl (C=O) groups excluding carboxylic acids is 1. The Kier molecular flexibility index (Phi) is 4.52. The summed E-state index contributed by atoms with van der Waals surface area (Å²) in [6, 6.07) is 6.52. The van der Waals surface area contributed by atoms with E-state index in [4.69, 9.17) is 9.47 Å². The molecule has 0 saturated carbocycles. The van der Waals surface area contributed by atoms with Crippen molar-refractivity contribution in [1.29, 1.82) is 0 Å². The number of rotatable bonds is 4. The van der Waals surface area contributed by atoms with E-state index in [-0.39, 0.29) is 23.8 Å². The first kappa shape index (κ1) is 16.7. The van der Waals surface area contributed by atoms with Crippen LogP contribution in [0.2, 0.25) is 0 Å². The van der Waals surface area contributed by atoms with Gasteiger partial charge in [-0.3, -0.25) is 14.9 Å². The van der Waals surface area contributed by atoms with E-state index in [0.29, 0.717) is 21.5 Å². The van der Waals surface area contributed by atoms with Crippen molar-refractivity contribution in [2.75, 3.05) is 6.79 Å². The van der Waals surface area contributed by atoms with Crippen molar-refractivity contribution in [2.24, 2.45) is 5.10 Å². The molecule has 0 spiro atoms. The van der Waals surface area contributed by atoms with Crippen LogP contribution in [-0.2, 0) is 0 Å². The SMILES string of the molecule is O=C(N/N=C/c1cc2c(cc1Br)OCO2)c1cc([N+](=O)[O-])ccc1O. The third kappa shape index (κ3) is 3.53. The molecule has 2 aromatic rings. The Labute approximate surface area is 149 Å². The Morgan fingerprint density at radius 3 is 2.76 bits per heavy atom. The van der Waals surface area contributed by atoms with Crippen molar-refractivity contribution < 1.29 is 24.3 Å². The van der Waals surface area contributed by atoms with Crippen molar-refractivity contribution in [3.8, 4) is 17.2 Å². The predicted molar refractivity (Wildman–Crippen MR) is 90.1 cm³/mol. The summed E-state index contributed by atoms with van der Waals surface area (Å²) in [4.78, 5) is 22.1. The van der Waals surface area contributed by atoms with Gasteiger partial charge in [0.15, 0.2) is 11.5 Å². The van der Waals surface area contributed by atoms with Crippen LogP contribution in [0.15, 0.2) is 39.9 Å². The van der Waals surface area contributed by atoms with Crippen molar-refractivity contribution in [2.45, 2.75) is 0 Å². The molecule has 0 bridgehead atoms. The Balaban J connectivity index is 1.76. The number of amides is 1. The van der Waals surface area contributed by atoms with Crippen LogP contribution in [0.4, 0.5) is 5.69 Å². The molecule has 2 N–H and O–H groups in total. The van der Waals surface area contributed by atoms with Gasteiger partial charge in [0, 0.05) is 22.2 Å². The standard InChI is InChI=1S/C15H10BrN3O6/c16-11-5-14-13(24-7-25-14)3-8(11)6-17-18-15(21)10-4-9(19(22)23)1-2-12(10)20/h1-6,20H,7H2,(H,18,21)/b17-6+. The zero-order valence-corrected chi connectivity index (χ0v) is 14.0. The highest BCUT2D eigenvalue weighted by molar-refractivity contribution is 9.10. The van der Waals surface area contributed by atoms with E-state index < -0.39 is 10.8 Å². The number of non-ortho nitro benzene ring substituents is 1. The first-order valence-electron chi connectivity index (χ1n) is 6.85. The summed E-state index contributed by atoms with van der Waals surface area (Å²) in [5.74, 6) is -0.0289. The number of hydrazone groups is 1. The second-order valence-corrected chi connectivity index (χ2v) is 5.74. The fourth-order valence-electron chi connectivity index (χ4n) is 2.07. The van der Waals surface area contributed by atoms with Gasteiger partial charge in [-0.05, 0) is 34.1 Å². The molecule has 2 aromatic carbocycles. The summed E-state index contributed by atoms with van der Waals surface area (Å²) in [6.07, 6.45) is 1.36. The van der Waals surface area contributed by atoms with Gasteiger partial charge >= 0.3 is 0 Å². The van der Waals surface area contributed by atoms with Crippen LogP contribution in [-0.4, -0.2) is 28.9 Å². The second kappa shape index (κ2) is 6.77. The fourth-order valence-corrected chi connectivity index (χ4v) is 2.50. The predicted octanol–water partition coefficient (Wildman–Crippen LogP) is 2.56. The lowest BCUT2D eigenvalue weighted by atomic mass is 10.1. The number of hydrogen-bond acceptors (Lipinski definition) is 7. The quantitative estimate of drug-likeness (QED) is 0.455. The number of phenolic OH excluding ortho intramolecular Hbond substituents is 1. The van der Waals surface area contributed by atoms with Crippen molar-refractivity contribution in [3.63, 3.8) is 0 Å². The van der Waals surface area contributed by atoms with Crippen molar-refractivity contribution in [1.82, 2.24) is 5.43 Å². The number of nitro benzene ring substituents is 1. The number of fused-ring (bicyclic) bond motifs is 1. The van der Waals surface area contributed by atoms with Crippen molar-refractivity contribution >= 4 is 33.7 Å². The van der Waals surface area contributed by atoms with E-state index in [2.05, 4.69) is 26.5 Å². The topological polar surface area (TPSA) is 123 Å². The van der Waals surface area contributed by atoms with Gasteiger partial charge < -0.3 is 14.6 Å². The van der Waals surface area contributed by atoms with E-state index in [1.807, 2.05) is 0 Å². The zero-order valence-electron chi connectivity index (χ0n) is 12.4. The van der Waals surface area contributed by atoms with E-state index in [0.717, 1.165) is 18.2 Å². The molecule has 1 aliphatic rings. The van der Waals surface area contributed by atoms with Crippen LogP contribution in [0.5, 0.6) is 17.2 Å².